The Morgan fingerprint density at radius 3 is 2.71 bits per heavy atom. The molecule has 0 amide bonds. The first-order valence-corrected chi connectivity index (χ1v) is 6.22. The number of rotatable bonds is 4. The number of nitriles is 1. The molecular formula is C14H19N3. The Morgan fingerprint density at radius 2 is 2.18 bits per heavy atom. The van der Waals surface area contributed by atoms with Crippen LogP contribution < -0.4 is 5.32 Å². The molecule has 1 N–H and O–H groups in total. The lowest BCUT2D eigenvalue weighted by molar-refractivity contribution is 0.520. The van der Waals surface area contributed by atoms with Crippen LogP contribution in [-0.4, -0.2) is 11.5 Å². The van der Waals surface area contributed by atoms with Crippen molar-refractivity contribution in [1.82, 2.24) is 4.98 Å². The smallest absolute Gasteiger partial charge is 0.144 e. The van der Waals surface area contributed by atoms with Gasteiger partial charge in [0.25, 0.3) is 0 Å². The standard InChI is InChI=1S/C14H19N3/c1-4-14(5-6-14)9-16-13-12(8-15)10(2)7-11(3)17-13/h7H,4-6,9H2,1-3H3,(H,16,17). The Labute approximate surface area is 103 Å². The topological polar surface area (TPSA) is 48.7 Å². The molecule has 1 heterocycles. The van der Waals surface area contributed by atoms with Crippen LogP contribution in [0.1, 0.15) is 43.0 Å². The summed E-state index contributed by atoms with van der Waals surface area (Å²) < 4.78 is 0. The summed E-state index contributed by atoms with van der Waals surface area (Å²) in [7, 11) is 0. The van der Waals surface area contributed by atoms with E-state index < -0.39 is 0 Å². The molecule has 0 radical (unpaired) electrons. The molecule has 0 bridgehead atoms. The maximum atomic E-state index is 9.16. The molecule has 0 aliphatic heterocycles. The van der Waals surface area contributed by atoms with Gasteiger partial charge in [-0.1, -0.05) is 6.92 Å². The molecule has 0 saturated heterocycles. The number of nitrogens with zero attached hydrogens (tertiary/aromatic N) is 2. The van der Waals surface area contributed by atoms with Gasteiger partial charge >= 0.3 is 0 Å². The number of aryl methyl sites for hydroxylation is 2. The van der Waals surface area contributed by atoms with E-state index >= 15 is 0 Å². The molecule has 0 spiro atoms. The van der Waals surface area contributed by atoms with E-state index in [-0.39, 0.29) is 0 Å². The molecule has 1 fully saturated rings. The summed E-state index contributed by atoms with van der Waals surface area (Å²) in [5, 5.41) is 12.5. The van der Waals surface area contributed by atoms with Crippen molar-refractivity contribution in [3.8, 4) is 6.07 Å². The van der Waals surface area contributed by atoms with Gasteiger partial charge in [-0.25, -0.2) is 4.98 Å². The summed E-state index contributed by atoms with van der Waals surface area (Å²) in [5.74, 6) is 0.754. The average molecular weight is 229 g/mol. The highest BCUT2D eigenvalue weighted by Gasteiger charge is 2.40. The second-order valence-electron chi connectivity index (χ2n) is 5.12. The molecule has 2 rings (SSSR count). The average Bonchev–Trinajstić information content (AvgIpc) is 3.06. The van der Waals surface area contributed by atoms with Gasteiger partial charge in [0, 0.05) is 12.2 Å². The summed E-state index contributed by atoms with van der Waals surface area (Å²) in [6.45, 7) is 7.10. The first-order valence-electron chi connectivity index (χ1n) is 6.22. The largest absolute Gasteiger partial charge is 0.368 e. The van der Waals surface area contributed by atoms with Gasteiger partial charge in [0.1, 0.15) is 11.9 Å². The van der Waals surface area contributed by atoms with E-state index in [9.17, 15) is 0 Å². The fourth-order valence-electron chi connectivity index (χ4n) is 2.21. The number of hydrogen-bond acceptors (Lipinski definition) is 3. The molecule has 3 nitrogen and oxygen atoms in total. The van der Waals surface area contributed by atoms with Gasteiger partial charge in [0.2, 0.25) is 0 Å². The van der Waals surface area contributed by atoms with Gasteiger partial charge in [0.05, 0.1) is 5.56 Å². The van der Waals surface area contributed by atoms with Crippen LogP contribution >= 0.6 is 0 Å². The molecule has 0 aromatic carbocycles. The number of nitrogens with one attached hydrogen (secondary N) is 1. The fraction of sp³-hybridized carbons (Fsp3) is 0.571. The Bertz CT molecular complexity index is 467. The minimum atomic E-state index is 0.464. The van der Waals surface area contributed by atoms with Gasteiger partial charge < -0.3 is 5.32 Å². The van der Waals surface area contributed by atoms with Crippen LogP contribution in [0.2, 0.25) is 0 Å². The van der Waals surface area contributed by atoms with Gasteiger partial charge in [-0.05, 0) is 50.2 Å². The zero-order valence-corrected chi connectivity index (χ0v) is 10.8. The van der Waals surface area contributed by atoms with Crippen LogP contribution in [0.3, 0.4) is 0 Å². The highest BCUT2D eigenvalue weighted by Crippen LogP contribution is 2.48. The molecule has 1 aromatic rings. The number of aromatic nitrogens is 1. The minimum absolute atomic E-state index is 0.464. The normalized spacial score (nSPS) is 16.4. The van der Waals surface area contributed by atoms with E-state index in [0.717, 1.165) is 23.6 Å². The Balaban J connectivity index is 2.18. The highest BCUT2D eigenvalue weighted by atomic mass is 15.0. The Kier molecular flexibility index (Phi) is 3.06. The number of pyridine rings is 1. The molecule has 1 saturated carbocycles. The summed E-state index contributed by atoms with van der Waals surface area (Å²) in [4.78, 5) is 4.44. The van der Waals surface area contributed by atoms with Crippen molar-refractivity contribution in [3.63, 3.8) is 0 Å². The van der Waals surface area contributed by atoms with E-state index in [1.165, 1.54) is 19.3 Å². The van der Waals surface area contributed by atoms with Crippen molar-refractivity contribution < 1.29 is 0 Å². The maximum Gasteiger partial charge on any atom is 0.144 e. The van der Waals surface area contributed by atoms with E-state index in [1.807, 2.05) is 19.9 Å². The van der Waals surface area contributed by atoms with E-state index in [0.29, 0.717) is 11.0 Å². The fourth-order valence-corrected chi connectivity index (χ4v) is 2.21. The van der Waals surface area contributed by atoms with Crippen LogP contribution in [0, 0.1) is 30.6 Å². The van der Waals surface area contributed by atoms with Crippen molar-refractivity contribution in [2.45, 2.75) is 40.0 Å². The SMILES string of the molecule is CCC1(CNc2nc(C)cc(C)c2C#N)CC1. The molecule has 1 aliphatic rings. The minimum Gasteiger partial charge on any atom is -0.368 e. The second kappa shape index (κ2) is 4.37. The van der Waals surface area contributed by atoms with Crippen molar-refractivity contribution >= 4 is 5.82 Å². The Hall–Kier alpha value is -1.56. The lowest BCUT2D eigenvalue weighted by atomic mass is 10.0. The summed E-state index contributed by atoms with van der Waals surface area (Å²) in [5.41, 5.74) is 3.11. The predicted molar refractivity (Wildman–Crippen MR) is 68.9 cm³/mol. The monoisotopic (exact) mass is 229 g/mol. The zero-order chi connectivity index (χ0) is 12.5. The quantitative estimate of drug-likeness (QED) is 0.862. The predicted octanol–water partition coefficient (Wildman–Crippen LogP) is 3.17. The molecular weight excluding hydrogens is 210 g/mol. The summed E-state index contributed by atoms with van der Waals surface area (Å²) in [6, 6.07) is 4.20. The van der Waals surface area contributed by atoms with Crippen LogP contribution in [0.25, 0.3) is 0 Å². The highest BCUT2D eigenvalue weighted by molar-refractivity contribution is 5.56. The van der Waals surface area contributed by atoms with Crippen LogP contribution in [-0.2, 0) is 0 Å². The van der Waals surface area contributed by atoms with Crippen molar-refractivity contribution in [2.75, 3.05) is 11.9 Å². The molecule has 0 atom stereocenters. The third kappa shape index (κ3) is 2.41. The molecule has 1 aromatic heterocycles. The lowest BCUT2D eigenvalue weighted by Gasteiger charge is -2.15. The first-order chi connectivity index (χ1) is 8.10. The molecule has 0 unspecified atom stereocenters. The third-order valence-corrected chi connectivity index (χ3v) is 3.79. The second-order valence-corrected chi connectivity index (χ2v) is 5.12. The van der Waals surface area contributed by atoms with Crippen molar-refractivity contribution in [1.29, 1.82) is 5.26 Å². The summed E-state index contributed by atoms with van der Waals surface area (Å²) >= 11 is 0. The molecule has 1 aliphatic carbocycles. The van der Waals surface area contributed by atoms with Crippen molar-refractivity contribution in [3.05, 3.63) is 22.9 Å². The van der Waals surface area contributed by atoms with Gasteiger partial charge in [-0.15, -0.1) is 0 Å². The third-order valence-electron chi connectivity index (χ3n) is 3.79. The van der Waals surface area contributed by atoms with Gasteiger partial charge in [-0.2, -0.15) is 5.26 Å². The summed E-state index contributed by atoms with van der Waals surface area (Å²) in [6.07, 6.45) is 3.79. The first kappa shape index (κ1) is 11.9. The zero-order valence-electron chi connectivity index (χ0n) is 10.8. The maximum absolute atomic E-state index is 9.16. The molecule has 3 heteroatoms. The van der Waals surface area contributed by atoms with Gasteiger partial charge in [0.15, 0.2) is 0 Å². The number of hydrogen-bond donors (Lipinski definition) is 1. The van der Waals surface area contributed by atoms with Gasteiger partial charge in [-0.3, -0.25) is 0 Å². The van der Waals surface area contributed by atoms with Crippen LogP contribution in [0.15, 0.2) is 6.07 Å². The van der Waals surface area contributed by atoms with Crippen molar-refractivity contribution in [2.24, 2.45) is 5.41 Å². The Morgan fingerprint density at radius 1 is 1.47 bits per heavy atom. The number of anilines is 1. The van der Waals surface area contributed by atoms with E-state index in [1.54, 1.807) is 0 Å². The molecule has 17 heavy (non-hydrogen) atoms. The van der Waals surface area contributed by atoms with Crippen LogP contribution in [0.4, 0.5) is 5.82 Å². The van der Waals surface area contributed by atoms with Crippen LogP contribution in [0.5, 0.6) is 0 Å². The molecule has 90 valence electrons. The lowest BCUT2D eigenvalue weighted by Crippen LogP contribution is -2.16. The van der Waals surface area contributed by atoms with E-state index in [4.69, 9.17) is 5.26 Å². The van der Waals surface area contributed by atoms with E-state index in [2.05, 4.69) is 23.3 Å².